The Hall–Kier alpha value is -1.82. The lowest BCUT2D eigenvalue weighted by Crippen LogP contribution is -2.27. The van der Waals surface area contributed by atoms with Gasteiger partial charge >= 0.3 is 6.18 Å². The summed E-state index contributed by atoms with van der Waals surface area (Å²) in [5.74, 6) is -0.483. The van der Waals surface area contributed by atoms with Crippen molar-refractivity contribution >= 4 is 12.0 Å². The molecule has 0 aliphatic carbocycles. The Bertz CT molecular complexity index is 484. The van der Waals surface area contributed by atoms with E-state index >= 15 is 0 Å². The summed E-state index contributed by atoms with van der Waals surface area (Å²) < 4.78 is 37.5. The first-order valence-corrected chi connectivity index (χ1v) is 6.07. The van der Waals surface area contributed by atoms with Crippen LogP contribution in [0.2, 0.25) is 0 Å². The molecule has 0 saturated carbocycles. The summed E-state index contributed by atoms with van der Waals surface area (Å²) in [6.45, 7) is 2.02. The SMILES string of the molecule is CC(CO)CNC(=O)/C=C/c1cccc(C(F)(F)F)c1. The highest BCUT2D eigenvalue weighted by molar-refractivity contribution is 5.91. The van der Waals surface area contributed by atoms with Gasteiger partial charge < -0.3 is 10.4 Å². The molecule has 1 amide bonds. The highest BCUT2D eigenvalue weighted by Gasteiger charge is 2.30. The second-order valence-corrected chi connectivity index (χ2v) is 4.49. The minimum atomic E-state index is -4.40. The molecule has 0 fully saturated rings. The molecule has 1 rings (SSSR count). The fourth-order valence-electron chi connectivity index (χ4n) is 1.39. The summed E-state index contributed by atoms with van der Waals surface area (Å²) in [7, 11) is 0. The first-order valence-electron chi connectivity index (χ1n) is 6.07. The van der Waals surface area contributed by atoms with Crippen LogP contribution in [0.25, 0.3) is 6.08 Å². The minimum absolute atomic E-state index is 0.0440. The highest BCUT2D eigenvalue weighted by atomic mass is 19.4. The standard InChI is InChI=1S/C14H16F3NO2/c1-10(9-19)8-18-13(20)6-5-11-3-2-4-12(7-11)14(15,16)17/h2-7,10,19H,8-9H2,1H3,(H,18,20)/b6-5+. The van der Waals surface area contributed by atoms with Gasteiger partial charge in [0.15, 0.2) is 0 Å². The number of benzene rings is 1. The summed E-state index contributed by atoms with van der Waals surface area (Å²) in [6, 6.07) is 4.71. The Morgan fingerprint density at radius 2 is 2.15 bits per heavy atom. The van der Waals surface area contributed by atoms with Crippen LogP contribution in [-0.4, -0.2) is 24.2 Å². The Morgan fingerprint density at radius 3 is 2.75 bits per heavy atom. The van der Waals surface area contributed by atoms with Crippen LogP contribution in [0.1, 0.15) is 18.1 Å². The largest absolute Gasteiger partial charge is 0.416 e. The van der Waals surface area contributed by atoms with Crippen molar-refractivity contribution in [2.75, 3.05) is 13.2 Å². The van der Waals surface area contributed by atoms with Crippen LogP contribution in [0.4, 0.5) is 13.2 Å². The van der Waals surface area contributed by atoms with Crippen LogP contribution in [0.15, 0.2) is 30.3 Å². The number of rotatable bonds is 5. The molecule has 0 aliphatic heterocycles. The number of aliphatic hydroxyl groups excluding tert-OH is 1. The summed E-state index contributed by atoms with van der Waals surface area (Å²) in [5, 5.41) is 11.3. The molecule has 1 atom stereocenters. The van der Waals surface area contributed by atoms with Gasteiger partial charge in [-0.2, -0.15) is 13.2 Å². The molecule has 0 aliphatic rings. The van der Waals surface area contributed by atoms with Crippen molar-refractivity contribution in [1.29, 1.82) is 0 Å². The molecule has 1 aromatic rings. The maximum Gasteiger partial charge on any atom is 0.416 e. The zero-order chi connectivity index (χ0) is 15.2. The predicted octanol–water partition coefficient (Wildman–Crippen LogP) is 2.46. The topological polar surface area (TPSA) is 49.3 Å². The molecule has 1 unspecified atom stereocenters. The van der Waals surface area contributed by atoms with E-state index in [1.54, 1.807) is 6.92 Å². The zero-order valence-electron chi connectivity index (χ0n) is 10.9. The van der Waals surface area contributed by atoms with Crippen LogP contribution in [0.5, 0.6) is 0 Å². The second-order valence-electron chi connectivity index (χ2n) is 4.49. The van der Waals surface area contributed by atoms with Crippen molar-refractivity contribution < 1.29 is 23.1 Å². The smallest absolute Gasteiger partial charge is 0.396 e. The van der Waals surface area contributed by atoms with E-state index in [9.17, 15) is 18.0 Å². The van der Waals surface area contributed by atoms with Crippen LogP contribution >= 0.6 is 0 Å². The van der Waals surface area contributed by atoms with Crippen molar-refractivity contribution in [2.45, 2.75) is 13.1 Å². The number of carbonyl (C=O) groups is 1. The molecule has 3 nitrogen and oxygen atoms in total. The zero-order valence-corrected chi connectivity index (χ0v) is 10.9. The third kappa shape index (κ3) is 5.44. The molecule has 0 saturated heterocycles. The number of aliphatic hydroxyl groups is 1. The van der Waals surface area contributed by atoms with Crippen LogP contribution in [-0.2, 0) is 11.0 Å². The van der Waals surface area contributed by atoms with Gasteiger partial charge in [0, 0.05) is 19.2 Å². The van der Waals surface area contributed by atoms with Gasteiger partial charge in [-0.05, 0) is 29.7 Å². The van der Waals surface area contributed by atoms with Crippen LogP contribution in [0.3, 0.4) is 0 Å². The van der Waals surface area contributed by atoms with Gasteiger partial charge in [0.2, 0.25) is 5.91 Å². The molecule has 2 N–H and O–H groups in total. The summed E-state index contributed by atoms with van der Waals surface area (Å²) >= 11 is 0. The number of hydrogen-bond donors (Lipinski definition) is 2. The van der Waals surface area contributed by atoms with E-state index in [1.807, 2.05) is 0 Å². The van der Waals surface area contributed by atoms with E-state index in [0.29, 0.717) is 12.1 Å². The summed E-state index contributed by atoms with van der Waals surface area (Å²) in [6.07, 6.45) is -1.92. The van der Waals surface area contributed by atoms with E-state index in [0.717, 1.165) is 12.1 Å². The lowest BCUT2D eigenvalue weighted by molar-refractivity contribution is -0.137. The van der Waals surface area contributed by atoms with E-state index < -0.39 is 17.6 Å². The molecule has 6 heteroatoms. The minimum Gasteiger partial charge on any atom is -0.396 e. The average Bonchev–Trinajstić information content (AvgIpc) is 2.41. The summed E-state index contributed by atoms with van der Waals surface area (Å²) in [4.78, 5) is 11.4. The fourth-order valence-corrected chi connectivity index (χ4v) is 1.39. The van der Waals surface area contributed by atoms with Gasteiger partial charge in [-0.25, -0.2) is 0 Å². The number of halogens is 3. The first-order chi connectivity index (χ1) is 9.32. The third-order valence-electron chi connectivity index (χ3n) is 2.58. The fraction of sp³-hybridized carbons (Fsp3) is 0.357. The lowest BCUT2D eigenvalue weighted by atomic mass is 10.1. The molecule has 0 heterocycles. The molecule has 1 aromatic carbocycles. The van der Waals surface area contributed by atoms with Crippen molar-refractivity contribution in [3.05, 3.63) is 41.5 Å². The molecule has 20 heavy (non-hydrogen) atoms. The van der Waals surface area contributed by atoms with Crippen LogP contribution < -0.4 is 5.32 Å². The van der Waals surface area contributed by atoms with E-state index in [4.69, 9.17) is 5.11 Å². The van der Waals surface area contributed by atoms with Crippen molar-refractivity contribution in [2.24, 2.45) is 5.92 Å². The Kier molecular flexibility index (Phi) is 5.76. The van der Waals surface area contributed by atoms with Crippen molar-refractivity contribution in [3.8, 4) is 0 Å². The number of nitrogens with one attached hydrogen (secondary N) is 1. The van der Waals surface area contributed by atoms with Gasteiger partial charge in [-0.15, -0.1) is 0 Å². The first kappa shape index (κ1) is 16.2. The highest BCUT2D eigenvalue weighted by Crippen LogP contribution is 2.29. The number of carbonyl (C=O) groups excluding carboxylic acids is 1. The molecule has 110 valence electrons. The normalized spacial score (nSPS) is 13.4. The maximum absolute atomic E-state index is 12.5. The Balaban J connectivity index is 2.64. The summed E-state index contributed by atoms with van der Waals surface area (Å²) in [5.41, 5.74) is -0.459. The number of alkyl halides is 3. The average molecular weight is 287 g/mol. The van der Waals surface area contributed by atoms with Gasteiger partial charge in [0.1, 0.15) is 0 Å². The van der Waals surface area contributed by atoms with Gasteiger partial charge in [0.05, 0.1) is 5.56 Å². The van der Waals surface area contributed by atoms with E-state index in [1.165, 1.54) is 24.3 Å². The maximum atomic E-state index is 12.5. The van der Waals surface area contributed by atoms with Gasteiger partial charge in [0.25, 0.3) is 0 Å². The number of amides is 1. The Labute approximate surface area is 115 Å². The van der Waals surface area contributed by atoms with Crippen molar-refractivity contribution in [3.63, 3.8) is 0 Å². The predicted molar refractivity (Wildman–Crippen MR) is 69.7 cm³/mol. The molecular formula is C14H16F3NO2. The Morgan fingerprint density at radius 1 is 1.45 bits per heavy atom. The third-order valence-corrected chi connectivity index (χ3v) is 2.58. The van der Waals surface area contributed by atoms with Gasteiger partial charge in [-0.1, -0.05) is 19.1 Å². The quantitative estimate of drug-likeness (QED) is 0.817. The lowest BCUT2D eigenvalue weighted by Gasteiger charge is -2.08. The van der Waals surface area contributed by atoms with Crippen molar-refractivity contribution in [1.82, 2.24) is 5.32 Å². The number of hydrogen-bond acceptors (Lipinski definition) is 2. The molecule has 0 spiro atoms. The molecule has 0 bridgehead atoms. The van der Waals surface area contributed by atoms with Gasteiger partial charge in [-0.3, -0.25) is 4.79 Å². The second kappa shape index (κ2) is 7.09. The monoisotopic (exact) mass is 287 g/mol. The van der Waals surface area contributed by atoms with E-state index in [-0.39, 0.29) is 12.5 Å². The molecule has 0 radical (unpaired) electrons. The van der Waals surface area contributed by atoms with E-state index in [2.05, 4.69) is 5.32 Å². The van der Waals surface area contributed by atoms with Crippen LogP contribution in [0, 0.1) is 5.92 Å². The molecule has 0 aromatic heterocycles. The molecular weight excluding hydrogens is 271 g/mol.